The molecule has 1 rings (SSSR count). The van der Waals surface area contributed by atoms with Crippen LogP contribution in [0.4, 0.5) is 0 Å². The summed E-state index contributed by atoms with van der Waals surface area (Å²) in [6, 6.07) is 0. The number of hydrogen-bond donors (Lipinski definition) is 1. The fourth-order valence-corrected chi connectivity index (χ4v) is 1.50. The molecule has 0 fully saturated rings. The van der Waals surface area contributed by atoms with E-state index in [1.54, 1.807) is 0 Å². The maximum absolute atomic E-state index is 5.50. The quantitative estimate of drug-likeness (QED) is 0.670. The van der Waals surface area contributed by atoms with Crippen molar-refractivity contribution in [1.82, 2.24) is 15.0 Å². The zero-order valence-corrected chi connectivity index (χ0v) is 8.95. The molecule has 0 aromatic carbocycles. The summed E-state index contributed by atoms with van der Waals surface area (Å²) in [6.45, 7) is 3.87. The number of nitrogens with zero attached hydrogens (tertiary/aromatic N) is 3. The summed E-state index contributed by atoms with van der Waals surface area (Å²) in [5.74, 6) is 0. The van der Waals surface area contributed by atoms with Crippen molar-refractivity contribution in [2.24, 2.45) is 5.73 Å². The van der Waals surface area contributed by atoms with Crippen LogP contribution in [0, 0.1) is 0 Å². The highest BCUT2D eigenvalue weighted by molar-refractivity contribution is 4.94. The molecule has 0 spiro atoms. The zero-order chi connectivity index (χ0) is 10.2. The second kappa shape index (κ2) is 6.54. The van der Waals surface area contributed by atoms with E-state index in [1.165, 1.54) is 25.7 Å². The van der Waals surface area contributed by atoms with Crippen molar-refractivity contribution in [1.29, 1.82) is 0 Å². The first-order chi connectivity index (χ1) is 6.88. The highest BCUT2D eigenvalue weighted by atomic mass is 15.4. The first-order valence-electron chi connectivity index (χ1n) is 5.46. The third-order valence-electron chi connectivity index (χ3n) is 2.32. The van der Waals surface area contributed by atoms with Gasteiger partial charge < -0.3 is 5.73 Å². The van der Waals surface area contributed by atoms with E-state index in [0.717, 1.165) is 18.7 Å². The Balaban J connectivity index is 2.30. The molecular formula is C10H20N4. The summed E-state index contributed by atoms with van der Waals surface area (Å²) in [7, 11) is 0. The third-order valence-corrected chi connectivity index (χ3v) is 2.32. The van der Waals surface area contributed by atoms with E-state index in [-0.39, 0.29) is 0 Å². The molecule has 0 unspecified atom stereocenters. The molecule has 1 aromatic heterocycles. The monoisotopic (exact) mass is 196 g/mol. The minimum atomic E-state index is 0.669. The number of hydrogen-bond acceptors (Lipinski definition) is 3. The molecule has 4 nitrogen and oxygen atoms in total. The lowest BCUT2D eigenvalue weighted by Gasteiger charge is -2.04. The highest BCUT2D eigenvalue weighted by Crippen LogP contribution is 2.03. The van der Waals surface area contributed by atoms with Crippen molar-refractivity contribution >= 4 is 0 Å². The van der Waals surface area contributed by atoms with Crippen molar-refractivity contribution in [2.75, 3.05) is 6.54 Å². The van der Waals surface area contributed by atoms with Gasteiger partial charge in [0.05, 0.1) is 11.9 Å². The van der Waals surface area contributed by atoms with Crippen LogP contribution in [0.15, 0.2) is 6.20 Å². The average Bonchev–Trinajstić information content (AvgIpc) is 2.61. The van der Waals surface area contributed by atoms with E-state index >= 15 is 0 Å². The molecule has 0 bridgehead atoms. The van der Waals surface area contributed by atoms with Gasteiger partial charge in [-0.1, -0.05) is 31.4 Å². The van der Waals surface area contributed by atoms with Crippen LogP contribution in [0.25, 0.3) is 0 Å². The Morgan fingerprint density at radius 2 is 2.21 bits per heavy atom. The van der Waals surface area contributed by atoms with Crippen molar-refractivity contribution in [3.8, 4) is 0 Å². The van der Waals surface area contributed by atoms with E-state index in [0.29, 0.717) is 6.54 Å². The summed E-state index contributed by atoms with van der Waals surface area (Å²) < 4.78 is 1.97. The SMILES string of the molecule is CCCCCCn1nncc1CCN. The molecule has 0 amide bonds. The van der Waals surface area contributed by atoms with Crippen LogP contribution >= 0.6 is 0 Å². The largest absolute Gasteiger partial charge is 0.330 e. The summed E-state index contributed by atoms with van der Waals surface area (Å²) >= 11 is 0. The number of nitrogens with two attached hydrogens (primary N) is 1. The van der Waals surface area contributed by atoms with E-state index in [4.69, 9.17) is 5.73 Å². The van der Waals surface area contributed by atoms with Gasteiger partial charge in [-0.05, 0) is 13.0 Å². The maximum atomic E-state index is 5.50. The second-order valence-electron chi connectivity index (χ2n) is 3.55. The molecule has 0 saturated carbocycles. The van der Waals surface area contributed by atoms with Gasteiger partial charge in [0.1, 0.15) is 0 Å². The van der Waals surface area contributed by atoms with Crippen LogP contribution in [-0.4, -0.2) is 21.5 Å². The fourth-order valence-electron chi connectivity index (χ4n) is 1.50. The average molecular weight is 196 g/mol. The number of rotatable bonds is 7. The lowest BCUT2D eigenvalue weighted by molar-refractivity contribution is 0.512. The van der Waals surface area contributed by atoms with Crippen LogP contribution in [0.1, 0.15) is 38.3 Å². The van der Waals surface area contributed by atoms with Crippen molar-refractivity contribution in [2.45, 2.75) is 45.6 Å². The Labute approximate surface area is 85.5 Å². The molecule has 0 atom stereocenters. The van der Waals surface area contributed by atoms with Gasteiger partial charge in [-0.15, -0.1) is 5.10 Å². The van der Waals surface area contributed by atoms with Gasteiger partial charge >= 0.3 is 0 Å². The van der Waals surface area contributed by atoms with Crippen LogP contribution in [0.2, 0.25) is 0 Å². The number of aromatic nitrogens is 3. The standard InChI is InChI=1S/C10H20N4/c1-2-3-4-5-8-14-10(6-7-11)9-12-13-14/h9H,2-8,11H2,1H3. The molecule has 14 heavy (non-hydrogen) atoms. The van der Waals surface area contributed by atoms with Gasteiger partial charge in [-0.3, -0.25) is 0 Å². The first kappa shape index (κ1) is 11.2. The van der Waals surface area contributed by atoms with Crippen LogP contribution in [-0.2, 0) is 13.0 Å². The van der Waals surface area contributed by atoms with Gasteiger partial charge in [-0.25, -0.2) is 4.68 Å². The lowest BCUT2D eigenvalue weighted by atomic mass is 10.2. The predicted octanol–water partition coefficient (Wildman–Crippen LogP) is 1.36. The smallest absolute Gasteiger partial charge is 0.0725 e. The normalized spacial score (nSPS) is 10.7. The van der Waals surface area contributed by atoms with Gasteiger partial charge in [0.2, 0.25) is 0 Å². The fraction of sp³-hybridized carbons (Fsp3) is 0.800. The van der Waals surface area contributed by atoms with Crippen LogP contribution in [0.3, 0.4) is 0 Å². The Morgan fingerprint density at radius 1 is 1.36 bits per heavy atom. The van der Waals surface area contributed by atoms with Gasteiger partial charge in [-0.2, -0.15) is 0 Å². The first-order valence-corrected chi connectivity index (χ1v) is 5.46. The molecule has 0 aliphatic rings. The minimum absolute atomic E-state index is 0.669. The molecule has 0 aliphatic heterocycles. The van der Waals surface area contributed by atoms with Gasteiger partial charge in [0, 0.05) is 13.0 Å². The van der Waals surface area contributed by atoms with E-state index in [9.17, 15) is 0 Å². The predicted molar refractivity (Wildman–Crippen MR) is 56.9 cm³/mol. The summed E-state index contributed by atoms with van der Waals surface area (Å²) in [6.07, 6.45) is 7.73. The molecule has 4 heteroatoms. The molecule has 1 aromatic rings. The Bertz CT molecular complexity index is 244. The highest BCUT2D eigenvalue weighted by Gasteiger charge is 2.01. The topological polar surface area (TPSA) is 56.7 Å². The van der Waals surface area contributed by atoms with Crippen LogP contribution in [0.5, 0.6) is 0 Å². The Morgan fingerprint density at radius 3 is 2.93 bits per heavy atom. The molecular weight excluding hydrogens is 176 g/mol. The maximum Gasteiger partial charge on any atom is 0.0725 e. The molecule has 1 heterocycles. The molecule has 2 N–H and O–H groups in total. The minimum Gasteiger partial charge on any atom is -0.330 e. The Hall–Kier alpha value is -0.900. The number of aryl methyl sites for hydroxylation is 1. The van der Waals surface area contributed by atoms with E-state index in [2.05, 4.69) is 17.2 Å². The van der Waals surface area contributed by atoms with Crippen molar-refractivity contribution in [3.05, 3.63) is 11.9 Å². The molecule has 0 saturated heterocycles. The summed E-state index contributed by atoms with van der Waals surface area (Å²) in [5, 5.41) is 7.94. The van der Waals surface area contributed by atoms with E-state index in [1.807, 2.05) is 10.9 Å². The van der Waals surface area contributed by atoms with Gasteiger partial charge in [0.15, 0.2) is 0 Å². The van der Waals surface area contributed by atoms with Crippen LogP contribution < -0.4 is 5.73 Å². The number of unbranched alkanes of at least 4 members (excludes halogenated alkanes) is 3. The van der Waals surface area contributed by atoms with E-state index < -0.39 is 0 Å². The molecule has 0 aliphatic carbocycles. The van der Waals surface area contributed by atoms with Gasteiger partial charge in [0.25, 0.3) is 0 Å². The second-order valence-corrected chi connectivity index (χ2v) is 3.55. The zero-order valence-electron chi connectivity index (χ0n) is 8.95. The molecule has 80 valence electrons. The summed E-state index contributed by atoms with van der Waals surface area (Å²) in [5.41, 5.74) is 6.65. The summed E-state index contributed by atoms with van der Waals surface area (Å²) in [4.78, 5) is 0. The third kappa shape index (κ3) is 3.46. The van der Waals surface area contributed by atoms with Crippen molar-refractivity contribution < 1.29 is 0 Å². The molecule has 0 radical (unpaired) electrons. The lowest BCUT2D eigenvalue weighted by Crippen LogP contribution is -2.10. The van der Waals surface area contributed by atoms with Crippen molar-refractivity contribution in [3.63, 3.8) is 0 Å². The Kier molecular flexibility index (Phi) is 5.22.